The van der Waals surface area contributed by atoms with Gasteiger partial charge in [-0.3, -0.25) is 0 Å². The normalized spacial score (nSPS) is 13.7. The van der Waals surface area contributed by atoms with Gasteiger partial charge in [-0.1, -0.05) is 111 Å². The van der Waals surface area contributed by atoms with E-state index in [2.05, 4.69) is 152 Å². The molecule has 0 amide bonds. The summed E-state index contributed by atoms with van der Waals surface area (Å²) in [7, 11) is 0. The van der Waals surface area contributed by atoms with Gasteiger partial charge >= 0.3 is 0 Å². The molecule has 198 valence electrons. The zero-order valence-electron chi connectivity index (χ0n) is 23.6. The van der Waals surface area contributed by atoms with Gasteiger partial charge in [-0.05, 0) is 64.0 Å². The lowest BCUT2D eigenvalue weighted by atomic mass is 9.82. The molecular weight excluding hydrogens is 508 g/mol. The number of benzene rings is 6. The molecule has 0 spiro atoms. The zero-order valence-corrected chi connectivity index (χ0v) is 23.6. The van der Waals surface area contributed by atoms with Gasteiger partial charge in [0.1, 0.15) is 0 Å². The molecule has 42 heavy (non-hydrogen) atoms. The highest BCUT2D eigenvalue weighted by Crippen LogP contribution is 2.51. The molecule has 1 aliphatic carbocycles. The summed E-state index contributed by atoms with van der Waals surface area (Å²) in [6.45, 7) is 4.71. The Kier molecular flexibility index (Phi) is 4.70. The Morgan fingerprint density at radius 2 is 1.21 bits per heavy atom. The Bertz CT molecular complexity index is 2390. The minimum Gasteiger partial charge on any atom is -0.309 e. The van der Waals surface area contributed by atoms with Gasteiger partial charge in [-0.15, -0.1) is 0 Å². The third-order valence-electron chi connectivity index (χ3n) is 9.36. The molecule has 0 unspecified atom stereocenters. The van der Waals surface area contributed by atoms with Gasteiger partial charge in [0.25, 0.3) is 0 Å². The molecule has 0 bridgehead atoms. The van der Waals surface area contributed by atoms with E-state index in [1.54, 1.807) is 0 Å². The third kappa shape index (κ3) is 3.12. The highest BCUT2D eigenvalue weighted by Gasteiger charge is 2.36. The first-order valence-corrected chi connectivity index (χ1v) is 14.7. The van der Waals surface area contributed by atoms with Crippen molar-refractivity contribution in [1.29, 1.82) is 0 Å². The number of aromatic nitrogens is 2. The smallest absolute Gasteiger partial charge is 0.0788 e. The van der Waals surface area contributed by atoms with Crippen molar-refractivity contribution in [3.8, 4) is 28.1 Å². The van der Waals surface area contributed by atoms with Crippen molar-refractivity contribution in [2.45, 2.75) is 19.3 Å². The van der Waals surface area contributed by atoms with E-state index in [0.29, 0.717) is 0 Å². The van der Waals surface area contributed by atoms with Crippen LogP contribution in [0.4, 0.5) is 0 Å². The van der Waals surface area contributed by atoms with Crippen LogP contribution in [0.25, 0.3) is 71.6 Å². The van der Waals surface area contributed by atoms with Crippen LogP contribution < -0.4 is 0 Å². The Balaban J connectivity index is 1.32. The lowest BCUT2D eigenvalue weighted by molar-refractivity contribution is 0.661. The van der Waals surface area contributed by atoms with E-state index in [-0.39, 0.29) is 5.41 Å². The van der Waals surface area contributed by atoms with Crippen molar-refractivity contribution < 1.29 is 0 Å². The number of rotatable bonds is 2. The number of fused-ring (bicyclic) bond motifs is 9. The number of nitrogens with zero attached hydrogens (tertiary/aromatic N) is 2. The molecule has 6 aromatic carbocycles. The van der Waals surface area contributed by atoms with Crippen molar-refractivity contribution in [2.75, 3.05) is 0 Å². The lowest BCUT2D eigenvalue weighted by Gasteiger charge is -2.21. The fourth-order valence-corrected chi connectivity index (χ4v) is 7.36. The van der Waals surface area contributed by atoms with Gasteiger partial charge in [-0.25, -0.2) is 4.98 Å². The average molecular weight is 537 g/mol. The minimum atomic E-state index is -0.0584. The largest absolute Gasteiger partial charge is 0.309 e. The van der Waals surface area contributed by atoms with Crippen molar-refractivity contribution >= 4 is 43.5 Å². The molecule has 0 N–H and O–H groups in total. The van der Waals surface area contributed by atoms with Gasteiger partial charge in [0, 0.05) is 38.2 Å². The summed E-state index contributed by atoms with van der Waals surface area (Å²) in [5.41, 5.74) is 12.2. The Labute approximate surface area is 244 Å². The maximum absolute atomic E-state index is 5.20. The van der Waals surface area contributed by atoms with Gasteiger partial charge < -0.3 is 4.57 Å². The van der Waals surface area contributed by atoms with Crippen LogP contribution in [0.2, 0.25) is 0 Å². The third-order valence-corrected chi connectivity index (χ3v) is 9.36. The first-order chi connectivity index (χ1) is 20.6. The van der Waals surface area contributed by atoms with Crippen LogP contribution in [-0.4, -0.2) is 9.55 Å². The Morgan fingerprint density at radius 3 is 2.10 bits per heavy atom. The van der Waals surface area contributed by atoms with Crippen molar-refractivity contribution in [2.24, 2.45) is 0 Å². The summed E-state index contributed by atoms with van der Waals surface area (Å²) >= 11 is 0. The molecule has 2 heteroatoms. The molecule has 0 aliphatic heterocycles. The summed E-state index contributed by atoms with van der Waals surface area (Å²) < 4.78 is 2.44. The molecule has 2 heterocycles. The van der Waals surface area contributed by atoms with Gasteiger partial charge in [0.15, 0.2) is 0 Å². The van der Waals surface area contributed by atoms with Gasteiger partial charge in [0.05, 0.1) is 22.2 Å². The second-order valence-electron chi connectivity index (χ2n) is 12.0. The summed E-state index contributed by atoms with van der Waals surface area (Å²) in [5, 5.41) is 6.16. The maximum Gasteiger partial charge on any atom is 0.0788 e. The van der Waals surface area contributed by atoms with E-state index >= 15 is 0 Å². The Hall–Kier alpha value is -5.21. The molecular formula is C40H28N2. The Morgan fingerprint density at radius 1 is 0.500 bits per heavy atom. The van der Waals surface area contributed by atoms with Crippen LogP contribution in [0.1, 0.15) is 25.0 Å². The predicted octanol–water partition coefficient (Wildman–Crippen LogP) is 10.5. The molecule has 0 saturated carbocycles. The number of hydrogen-bond acceptors (Lipinski definition) is 1. The summed E-state index contributed by atoms with van der Waals surface area (Å²) in [4.78, 5) is 5.20. The standard InChI is InChI=1S/C40H28N2/c1-40(2)34-19-8-5-15-28(34)32-23-33-30-17-7-10-21-37(30)42(38(33)24-35(32)40)26-13-11-12-25(22-26)39-31-18-4-3-14-27(31)29-16-6-9-20-36(29)41-39/h3-24H,1-2H3. The van der Waals surface area contributed by atoms with Crippen LogP contribution in [-0.2, 0) is 5.41 Å². The molecule has 2 nitrogen and oxygen atoms in total. The topological polar surface area (TPSA) is 17.8 Å². The van der Waals surface area contributed by atoms with Crippen molar-refractivity contribution in [1.82, 2.24) is 9.55 Å². The quantitative estimate of drug-likeness (QED) is 0.201. The van der Waals surface area contributed by atoms with E-state index in [1.807, 2.05) is 0 Å². The highest BCUT2D eigenvalue weighted by molar-refractivity contribution is 6.13. The van der Waals surface area contributed by atoms with E-state index < -0.39 is 0 Å². The summed E-state index contributed by atoms with van der Waals surface area (Å²) in [5.74, 6) is 0. The van der Waals surface area contributed by atoms with Crippen LogP contribution >= 0.6 is 0 Å². The van der Waals surface area contributed by atoms with E-state index in [9.17, 15) is 0 Å². The number of pyridine rings is 1. The second-order valence-corrected chi connectivity index (χ2v) is 12.0. The molecule has 0 fully saturated rings. The van der Waals surface area contributed by atoms with Crippen LogP contribution in [0, 0.1) is 0 Å². The van der Waals surface area contributed by atoms with Crippen LogP contribution in [0.15, 0.2) is 133 Å². The van der Waals surface area contributed by atoms with Crippen LogP contribution in [0.5, 0.6) is 0 Å². The molecule has 0 saturated heterocycles. The summed E-state index contributed by atoms with van der Waals surface area (Å²) in [6.07, 6.45) is 0. The minimum absolute atomic E-state index is 0.0584. The molecule has 8 aromatic rings. The molecule has 9 rings (SSSR count). The van der Waals surface area contributed by atoms with Gasteiger partial charge in [-0.2, -0.15) is 0 Å². The SMILES string of the molecule is CC1(C)c2ccccc2-c2cc3c4ccccc4n(-c4cccc(-c5nc6ccccc6c6ccccc56)c4)c3cc21. The molecule has 1 aliphatic rings. The highest BCUT2D eigenvalue weighted by atomic mass is 15.0. The fraction of sp³-hybridized carbons (Fsp3) is 0.0750. The molecule has 0 radical (unpaired) electrons. The van der Waals surface area contributed by atoms with Crippen molar-refractivity contribution in [3.63, 3.8) is 0 Å². The maximum atomic E-state index is 5.20. The monoisotopic (exact) mass is 536 g/mol. The number of hydrogen-bond donors (Lipinski definition) is 0. The average Bonchev–Trinajstić information content (AvgIpc) is 3.48. The lowest BCUT2D eigenvalue weighted by Crippen LogP contribution is -2.14. The molecule has 2 aromatic heterocycles. The first-order valence-electron chi connectivity index (χ1n) is 14.7. The predicted molar refractivity (Wildman–Crippen MR) is 177 cm³/mol. The molecule has 0 atom stereocenters. The van der Waals surface area contributed by atoms with Crippen LogP contribution in [0.3, 0.4) is 0 Å². The van der Waals surface area contributed by atoms with Crippen molar-refractivity contribution in [3.05, 3.63) is 145 Å². The van der Waals surface area contributed by atoms with E-state index in [0.717, 1.165) is 22.5 Å². The second kappa shape index (κ2) is 8.41. The first kappa shape index (κ1) is 23.5. The van der Waals surface area contributed by atoms with E-state index in [1.165, 1.54) is 60.2 Å². The zero-order chi connectivity index (χ0) is 28.0. The van der Waals surface area contributed by atoms with E-state index in [4.69, 9.17) is 4.98 Å². The van der Waals surface area contributed by atoms with Gasteiger partial charge in [0.2, 0.25) is 0 Å². The number of para-hydroxylation sites is 2. The summed E-state index contributed by atoms with van der Waals surface area (Å²) in [6, 6.07) is 48.5. The fourth-order valence-electron chi connectivity index (χ4n) is 7.36.